The molecule has 0 aromatic heterocycles. The molecule has 0 aliphatic heterocycles. The van der Waals surface area contributed by atoms with Gasteiger partial charge in [-0.1, -0.05) is 0 Å². The Morgan fingerprint density at radius 3 is 1.00 bits per heavy atom. The molecule has 0 aliphatic rings. The van der Waals surface area contributed by atoms with Crippen molar-refractivity contribution in [2.75, 3.05) is 0 Å². The number of hydrogen-bond acceptors (Lipinski definition) is 0. The average molecular weight is 272 g/mol. The van der Waals surface area contributed by atoms with Crippen molar-refractivity contribution in [1.82, 2.24) is 0 Å². The van der Waals surface area contributed by atoms with Crippen LogP contribution in [-0.2, 0) is 0 Å². The van der Waals surface area contributed by atoms with E-state index in [9.17, 15) is 0 Å². The zero-order chi connectivity index (χ0) is 0. The van der Waals surface area contributed by atoms with Crippen molar-refractivity contribution >= 4 is 126 Å². The predicted octanol–water partition coefficient (Wildman–Crippen LogP) is -4.09. The smallest absolute Gasteiger partial charge is 1.00 e. The summed E-state index contributed by atoms with van der Waals surface area (Å²) in [7, 11) is 0. The van der Waals surface area contributed by atoms with Crippen molar-refractivity contribution in [3.8, 4) is 0 Å². The molecule has 0 aromatic carbocycles. The molecule has 0 N–H and O–H groups in total. The van der Waals surface area contributed by atoms with E-state index in [1.807, 2.05) is 0 Å². The molecular weight excluding hydrogens is 261 g/mol. The van der Waals surface area contributed by atoms with Crippen molar-refractivity contribution in [2.24, 2.45) is 0 Å². The van der Waals surface area contributed by atoms with Crippen molar-refractivity contribution in [1.29, 1.82) is 0 Å². The molecule has 5 heteroatoms. The summed E-state index contributed by atoms with van der Waals surface area (Å²) >= 11 is 0. The summed E-state index contributed by atoms with van der Waals surface area (Å²) in [4.78, 5) is 0. The minimum absolute atomic E-state index is 0. The Kier molecular flexibility index (Phi) is 185. The van der Waals surface area contributed by atoms with Crippen LogP contribution in [0.5, 0.6) is 0 Å². The molecule has 0 unspecified atom stereocenters. The molecule has 26 valence electrons. The van der Waals surface area contributed by atoms with Gasteiger partial charge in [0.15, 0.2) is 17.4 Å². The summed E-state index contributed by atoms with van der Waals surface area (Å²) in [5.41, 5.74) is 0. The van der Waals surface area contributed by atoms with E-state index in [2.05, 4.69) is 0 Å². The van der Waals surface area contributed by atoms with E-state index < -0.39 is 0 Å². The van der Waals surface area contributed by atoms with E-state index in [4.69, 9.17) is 0 Å². The van der Waals surface area contributed by atoms with Gasteiger partial charge in [0.2, 0.25) is 0 Å². The fraction of sp³-hybridized carbons (Fsp3) is 0. The van der Waals surface area contributed by atoms with Crippen LogP contribution in [0.3, 0.4) is 0 Å². The second-order valence-electron chi connectivity index (χ2n) is 0. The molecular formula is H11AlBaCaSi2. The van der Waals surface area contributed by atoms with Gasteiger partial charge in [-0.25, -0.2) is 0 Å². The molecule has 0 amide bonds. The topological polar surface area (TPSA) is 0 Å². The van der Waals surface area contributed by atoms with Gasteiger partial charge in [-0.15, -0.1) is 0 Å². The third-order valence-corrected chi connectivity index (χ3v) is 0. The van der Waals surface area contributed by atoms with Crippen LogP contribution in [0.1, 0.15) is 2.85 Å². The second-order valence-corrected chi connectivity index (χ2v) is 0. The Balaban J connectivity index is 0. The Labute approximate surface area is 125 Å². The van der Waals surface area contributed by atoms with Crippen molar-refractivity contribution in [3.05, 3.63) is 0 Å². The largest absolute Gasteiger partial charge is 2.00 e. The molecule has 0 spiro atoms. The van der Waals surface area contributed by atoms with E-state index in [0.717, 1.165) is 0 Å². The Morgan fingerprint density at radius 1 is 1.00 bits per heavy atom. The first kappa shape index (κ1) is 37.1. The van der Waals surface area contributed by atoms with Gasteiger partial charge in [0, 0.05) is 0 Å². The Hall–Kier alpha value is 3.80. The summed E-state index contributed by atoms with van der Waals surface area (Å²) < 4.78 is 0. The molecule has 0 bridgehead atoms. The third kappa shape index (κ3) is 18.2. The molecule has 5 heavy (non-hydrogen) atoms. The Bertz CT molecular complexity index is 15.7. The second kappa shape index (κ2) is 25.0. The van der Waals surface area contributed by atoms with Gasteiger partial charge in [0.25, 0.3) is 0 Å². The normalized spacial score (nSPS) is 0. The maximum absolute atomic E-state index is 0. The van der Waals surface area contributed by atoms with Crippen LogP contribution in [0.15, 0.2) is 0 Å². The molecule has 0 heterocycles. The average Bonchev–Trinajstić information content (AvgIpc) is 0. The van der Waals surface area contributed by atoms with Gasteiger partial charge >= 0.3 is 86.6 Å². The van der Waals surface area contributed by atoms with Gasteiger partial charge in [-0.05, 0) is 0 Å². The van der Waals surface area contributed by atoms with Crippen molar-refractivity contribution < 1.29 is 2.85 Å². The van der Waals surface area contributed by atoms with Gasteiger partial charge in [-0.2, -0.15) is 0 Å². The summed E-state index contributed by atoms with van der Waals surface area (Å²) in [6.45, 7) is 0. The molecule has 0 atom stereocenters. The van der Waals surface area contributed by atoms with Crippen LogP contribution in [0.25, 0.3) is 0 Å². The zero-order valence-corrected chi connectivity index (χ0v) is 14.1. The SMILES string of the molecule is [AlH3].[Ba+2].[Ca+2].[H-].[H-].[SiH3-].[SiH3-]. The fourth-order valence-corrected chi connectivity index (χ4v) is 0. The van der Waals surface area contributed by atoms with Gasteiger partial charge in [0.1, 0.15) is 0 Å². The molecule has 0 fully saturated rings. The zero-order valence-electron chi connectivity index (χ0n) is 5.41. The van der Waals surface area contributed by atoms with Crippen LogP contribution >= 0.6 is 0 Å². The molecule has 0 aromatic rings. The van der Waals surface area contributed by atoms with Crippen LogP contribution < -0.4 is 0 Å². The maximum atomic E-state index is 0. The molecule has 0 saturated heterocycles. The van der Waals surface area contributed by atoms with E-state index in [1.165, 1.54) is 0 Å². The number of rotatable bonds is 0. The van der Waals surface area contributed by atoms with E-state index in [-0.39, 0.29) is 129 Å². The minimum atomic E-state index is 0. The van der Waals surface area contributed by atoms with Crippen molar-refractivity contribution in [2.45, 2.75) is 0 Å². The number of hydrogen-bond donors (Lipinski definition) is 0. The van der Waals surface area contributed by atoms with Gasteiger partial charge < -0.3 is 24.8 Å². The van der Waals surface area contributed by atoms with E-state index in [1.54, 1.807) is 0 Å². The fourth-order valence-electron chi connectivity index (χ4n) is 0. The van der Waals surface area contributed by atoms with Crippen LogP contribution in [-0.4, -0.2) is 126 Å². The molecule has 0 rings (SSSR count). The van der Waals surface area contributed by atoms with E-state index in [0.29, 0.717) is 0 Å². The standard InChI is InChI=1S/Al.Ba.Ca.2H3Si.5H/h;;;2*1H3;;;;;/q;2*+2;2*-1;;;;2*-1. The summed E-state index contributed by atoms with van der Waals surface area (Å²) in [5.74, 6) is 0. The molecule has 0 aliphatic carbocycles. The van der Waals surface area contributed by atoms with Crippen LogP contribution in [0.2, 0.25) is 0 Å². The molecule has 0 nitrogen and oxygen atoms in total. The quantitative estimate of drug-likeness (QED) is 0.393. The summed E-state index contributed by atoms with van der Waals surface area (Å²) in [6.07, 6.45) is 0. The van der Waals surface area contributed by atoms with Crippen LogP contribution in [0.4, 0.5) is 0 Å². The third-order valence-electron chi connectivity index (χ3n) is 0. The minimum Gasteiger partial charge on any atom is -1.00 e. The maximum Gasteiger partial charge on any atom is 2.00 e. The van der Waals surface area contributed by atoms with Crippen molar-refractivity contribution in [3.63, 3.8) is 0 Å². The summed E-state index contributed by atoms with van der Waals surface area (Å²) in [5, 5.41) is 0. The van der Waals surface area contributed by atoms with Gasteiger partial charge in [-0.3, -0.25) is 0 Å². The van der Waals surface area contributed by atoms with E-state index >= 15 is 0 Å². The molecule has 0 saturated carbocycles. The molecule has 0 radical (unpaired) electrons. The first-order valence-electron chi connectivity index (χ1n) is 0. The first-order valence-corrected chi connectivity index (χ1v) is 0. The first-order chi connectivity index (χ1) is 0. The predicted molar refractivity (Wildman–Crippen MR) is 43.5 cm³/mol. The van der Waals surface area contributed by atoms with Gasteiger partial charge in [0.05, 0.1) is 0 Å². The summed E-state index contributed by atoms with van der Waals surface area (Å²) in [6, 6.07) is 0. The van der Waals surface area contributed by atoms with Crippen LogP contribution in [0, 0.1) is 0 Å². The monoisotopic (exact) mass is 272 g/mol. The Morgan fingerprint density at radius 2 is 1.00 bits per heavy atom.